The molecule has 0 saturated carbocycles. The third-order valence-electron chi connectivity index (χ3n) is 13.2. The van der Waals surface area contributed by atoms with E-state index in [1.54, 1.807) is 0 Å². The average Bonchev–Trinajstić information content (AvgIpc) is 3.48. The van der Waals surface area contributed by atoms with E-state index in [-0.39, 0.29) is 38.6 Å². The standard InChI is InChI=1S/C76H119NO8/c1-6-8-10-12-14-16-18-20-22-24-26-28-30-32-34-35-36-37-38-39-41-42-44-46-48-50-52-54-56-58-60-62-64-66-73(78)83-70-72(71-84-76(75(80)81)82-69-68-77(3,4)5)85-74(79)67-65-63-61-59-57-55-53-51-49-47-45-43-40-33-31-29-27-25-23-21-19-17-15-13-11-9-7-2/h8-11,14-17,20-23,26-29,32-34,36-37,39-41,45,47,51,53,57,59,72,76H,6-7,12-13,18-19,24-25,30-31,35,38,42-44,46,48-50,52,54-56,58,60-71H2,1-5H3/p+1/b10-8-,11-9-,16-14-,17-15-,22-20-,23-21-,28-26-,29-27-,34-32-,37-36-,40-33-,41-39-,47-45-,53-51-,59-57-. The SMILES string of the molecule is CC/C=C\C/C=C\C/C=C\C/C=C\C/C=C\C/C=C\C/C=C\C/C=C\CCCCC(=O)OC(COC(=O)CCCCCCCCCCCCC/C=C\C/C=C\C/C=C\C/C=C\C/C=C\C/C=C\C/C=C\CC)COC(OCC[N+](C)(C)C)C(=O)O. The highest BCUT2D eigenvalue weighted by Gasteiger charge is 2.25. The smallest absolute Gasteiger partial charge is 0.361 e. The maximum absolute atomic E-state index is 12.9. The lowest BCUT2D eigenvalue weighted by Gasteiger charge is -2.25. The molecule has 9 heteroatoms. The molecule has 0 radical (unpaired) electrons. The van der Waals surface area contributed by atoms with Crippen molar-refractivity contribution in [1.82, 2.24) is 0 Å². The number of carboxylic acids is 1. The normalized spacial score (nSPS) is 13.9. The minimum absolute atomic E-state index is 0.168. The van der Waals surface area contributed by atoms with Crippen LogP contribution < -0.4 is 0 Å². The van der Waals surface area contributed by atoms with E-state index in [0.717, 1.165) is 141 Å². The Hall–Kier alpha value is -5.61. The first-order valence-corrected chi connectivity index (χ1v) is 32.9. The molecule has 0 aromatic carbocycles. The van der Waals surface area contributed by atoms with Gasteiger partial charge in [-0.3, -0.25) is 9.59 Å². The predicted octanol–water partition coefficient (Wildman–Crippen LogP) is 20.5. The van der Waals surface area contributed by atoms with Crippen LogP contribution in [0, 0.1) is 0 Å². The van der Waals surface area contributed by atoms with E-state index in [1.165, 1.54) is 44.9 Å². The van der Waals surface area contributed by atoms with Gasteiger partial charge in [0.2, 0.25) is 0 Å². The minimum atomic E-state index is -1.54. The van der Waals surface area contributed by atoms with Crippen molar-refractivity contribution >= 4 is 17.9 Å². The Morgan fingerprint density at radius 2 is 0.635 bits per heavy atom. The average molecular weight is 1180 g/mol. The molecule has 0 bridgehead atoms. The quantitative estimate of drug-likeness (QED) is 0.0211. The number of esters is 2. The van der Waals surface area contributed by atoms with Crippen LogP contribution in [-0.4, -0.2) is 87.4 Å². The van der Waals surface area contributed by atoms with E-state index in [9.17, 15) is 19.5 Å². The molecule has 2 atom stereocenters. The molecular formula is C76H120NO8+. The molecule has 0 rings (SSSR count). The third-order valence-corrected chi connectivity index (χ3v) is 13.2. The summed E-state index contributed by atoms with van der Waals surface area (Å²) in [6.07, 6.45) is 95.6. The number of carbonyl (C=O) groups excluding carboxylic acids is 2. The molecule has 2 unspecified atom stereocenters. The second kappa shape index (κ2) is 64.4. The highest BCUT2D eigenvalue weighted by molar-refractivity contribution is 5.71. The number of quaternary nitrogens is 1. The van der Waals surface area contributed by atoms with Gasteiger partial charge in [-0.25, -0.2) is 4.79 Å². The second-order valence-corrected chi connectivity index (χ2v) is 22.3. The predicted molar refractivity (Wildman–Crippen MR) is 363 cm³/mol. The fraction of sp³-hybridized carbons (Fsp3) is 0.566. The summed E-state index contributed by atoms with van der Waals surface area (Å²) < 4.78 is 22.9. The Balaban J connectivity index is 4.30. The van der Waals surface area contributed by atoms with Crippen molar-refractivity contribution in [3.05, 3.63) is 182 Å². The topological polar surface area (TPSA) is 108 Å². The molecule has 0 aromatic heterocycles. The molecule has 0 saturated heterocycles. The number of ether oxygens (including phenoxy) is 4. The number of aliphatic carboxylic acids is 1. The summed E-state index contributed by atoms with van der Waals surface area (Å²) >= 11 is 0. The van der Waals surface area contributed by atoms with Gasteiger partial charge in [-0.2, -0.15) is 0 Å². The molecule has 0 spiro atoms. The van der Waals surface area contributed by atoms with Gasteiger partial charge in [0.15, 0.2) is 6.10 Å². The van der Waals surface area contributed by atoms with Crippen LogP contribution in [0.15, 0.2) is 182 Å². The van der Waals surface area contributed by atoms with Crippen LogP contribution in [0.1, 0.15) is 219 Å². The number of allylic oxidation sites excluding steroid dienone is 30. The van der Waals surface area contributed by atoms with Crippen molar-refractivity contribution in [2.75, 3.05) is 47.5 Å². The third kappa shape index (κ3) is 65.8. The molecule has 0 heterocycles. The van der Waals surface area contributed by atoms with Gasteiger partial charge in [-0.05, 0) is 135 Å². The first-order valence-electron chi connectivity index (χ1n) is 32.9. The van der Waals surface area contributed by atoms with Gasteiger partial charge in [-0.15, -0.1) is 0 Å². The molecule has 0 aliphatic heterocycles. The zero-order chi connectivity index (χ0) is 61.9. The van der Waals surface area contributed by atoms with Crippen molar-refractivity contribution in [1.29, 1.82) is 0 Å². The van der Waals surface area contributed by atoms with Gasteiger partial charge < -0.3 is 28.5 Å². The van der Waals surface area contributed by atoms with E-state index in [1.807, 2.05) is 21.1 Å². The Labute approximate surface area is 519 Å². The number of carbonyl (C=O) groups is 3. The van der Waals surface area contributed by atoms with E-state index >= 15 is 0 Å². The van der Waals surface area contributed by atoms with Crippen LogP contribution in [0.4, 0.5) is 0 Å². The monoisotopic (exact) mass is 1170 g/mol. The van der Waals surface area contributed by atoms with Gasteiger partial charge in [0.05, 0.1) is 34.4 Å². The van der Waals surface area contributed by atoms with Gasteiger partial charge >= 0.3 is 17.9 Å². The Morgan fingerprint density at radius 1 is 0.353 bits per heavy atom. The largest absolute Gasteiger partial charge is 0.477 e. The number of hydrogen-bond donors (Lipinski definition) is 1. The van der Waals surface area contributed by atoms with Crippen molar-refractivity contribution in [2.24, 2.45) is 0 Å². The molecule has 1 N–H and O–H groups in total. The van der Waals surface area contributed by atoms with Gasteiger partial charge in [0, 0.05) is 12.8 Å². The molecular weight excluding hydrogens is 1050 g/mol. The van der Waals surface area contributed by atoms with E-state index < -0.39 is 24.3 Å². The highest BCUT2D eigenvalue weighted by Crippen LogP contribution is 2.14. The maximum atomic E-state index is 12.9. The molecule has 476 valence electrons. The lowest BCUT2D eigenvalue weighted by Crippen LogP contribution is -2.40. The summed E-state index contributed by atoms with van der Waals surface area (Å²) in [4.78, 5) is 37.6. The van der Waals surface area contributed by atoms with Crippen LogP contribution in [-0.2, 0) is 33.3 Å². The number of nitrogens with zero attached hydrogens (tertiary/aromatic N) is 1. The zero-order valence-corrected chi connectivity index (χ0v) is 54.2. The fourth-order valence-corrected chi connectivity index (χ4v) is 8.18. The first-order chi connectivity index (χ1) is 41.6. The zero-order valence-electron chi connectivity index (χ0n) is 54.2. The number of hydrogen-bond acceptors (Lipinski definition) is 7. The summed E-state index contributed by atoms with van der Waals surface area (Å²) in [7, 11) is 5.94. The Bertz CT molecular complexity index is 2050. The Kier molecular flexibility index (Phi) is 60.1. The van der Waals surface area contributed by atoms with E-state index in [4.69, 9.17) is 18.9 Å². The van der Waals surface area contributed by atoms with Crippen molar-refractivity contribution < 1.29 is 42.9 Å². The lowest BCUT2D eigenvalue weighted by molar-refractivity contribution is -0.870. The van der Waals surface area contributed by atoms with Crippen molar-refractivity contribution in [2.45, 2.75) is 232 Å². The summed E-state index contributed by atoms with van der Waals surface area (Å²) in [6.45, 7) is 4.57. The van der Waals surface area contributed by atoms with Crippen LogP contribution >= 0.6 is 0 Å². The van der Waals surface area contributed by atoms with Crippen LogP contribution in [0.25, 0.3) is 0 Å². The number of likely N-dealkylation sites (N-methyl/N-ethyl adjacent to an activating group) is 1. The van der Waals surface area contributed by atoms with Crippen molar-refractivity contribution in [3.8, 4) is 0 Å². The van der Waals surface area contributed by atoms with Crippen LogP contribution in [0.5, 0.6) is 0 Å². The maximum Gasteiger partial charge on any atom is 0.361 e. The molecule has 0 amide bonds. The summed E-state index contributed by atoms with van der Waals surface area (Å²) in [5.41, 5.74) is 0. The van der Waals surface area contributed by atoms with Crippen LogP contribution in [0.3, 0.4) is 0 Å². The minimum Gasteiger partial charge on any atom is -0.477 e. The summed E-state index contributed by atoms with van der Waals surface area (Å²) in [6, 6.07) is 0. The van der Waals surface area contributed by atoms with Gasteiger partial charge in [0.1, 0.15) is 13.2 Å². The first kappa shape index (κ1) is 79.4. The lowest BCUT2D eigenvalue weighted by atomic mass is 10.0. The van der Waals surface area contributed by atoms with Gasteiger partial charge in [-0.1, -0.05) is 254 Å². The summed E-state index contributed by atoms with van der Waals surface area (Å²) in [5, 5.41) is 9.73. The van der Waals surface area contributed by atoms with Gasteiger partial charge in [0.25, 0.3) is 6.29 Å². The number of unbranched alkanes of at least 4 members (excludes halogenated alkanes) is 13. The number of rotatable bonds is 58. The molecule has 0 fully saturated rings. The molecule has 0 aliphatic carbocycles. The second-order valence-electron chi connectivity index (χ2n) is 22.3. The van der Waals surface area contributed by atoms with Crippen LogP contribution in [0.2, 0.25) is 0 Å². The highest BCUT2D eigenvalue weighted by atomic mass is 16.7. The van der Waals surface area contributed by atoms with E-state index in [0.29, 0.717) is 17.4 Å². The molecule has 0 aromatic rings. The Morgan fingerprint density at radius 3 is 0.965 bits per heavy atom. The molecule has 85 heavy (non-hydrogen) atoms. The summed E-state index contributed by atoms with van der Waals surface area (Å²) in [5.74, 6) is -2.09. The molecule has 9 nitrogen and oxygen atoms in total. The number of carboxylic acid groups (broad SMARTS) is 1. The fourth-order valence-electron chi connectivity index (χ4n) is 8.18. The molecule has 0 aliphatic rings. The van der Waals surface area contributed by atoms with E-state index in [2.05, 4.69) is 196 Å². The van der Waals surface area contributed by atoms with Crippen molar-refractivity contribution in [3.63, 3.8) is 0 Å².